The Labute approximate surface area is 120 Å². The first-order chi connectivity index (χ1) is 9.61. The molecule has 2 rings (SSSR count). The van der Waals surface area contributed by atoms with Crippen LogP contribution < -0.4 is 10.6 Å². The molecule has 20 heavy (non-hydrogen) atoms. The van der Waals surface area contributed by atoms with E-state index in [0.29, 0.717) is 30.1 Å². The van der Waals surface area contributed by atoms with E-state index in [1.165, 1.54) is 12.8 Å². The van der Waals surface area contributed by atoms with Crippen LogP contribution >= 0.6 is 0 Å². The van der Waals surface area contributed by atoms with E-state index >= 15 is 0 Å². The summed E-state index contributed by atoms with van der Waals surface area (Å²) in [6.45, 7) is 5.52. The van der Waals surface area contributed by atoms with Crippen LogP contribution in [0.2, 0.25) is 0 Å². The molecule has 1 atom stereocenters. The van der Waals surface area contributed by atoms with Gasteiger partial charge in [0.05, 0.1) is 0 Å². The van der Waals surface area contributed by atoms with Gasteiger partial charge in [0.2, 0.25) is 0 Å². The third-order valence-electron chi connectivity index (χ3n) is 3.63. The topological polar surface area (TPSA) is 70.2 Å². The third kappa shape index (κ3) is 3.90. The fourth-order valence-corrected chi connectivity index (χ4v) is 2.05. The normalized spacial score (nSPS) is 16.0. The molecule has 1 unspecified atom stereocenters. The number of hydrogen-bond donors (Lipinski definition) is 2. The van der Waals surface area contributed by atoms with Gasteiger partial charge in [-0.1, -0.05) is 0 Å². The maximum absolute atomic E-state index is 12.0. The van der Waals surface area contributed by atoms with E-state index < -0.39 is 0 Å². The fraction of sp³-hybridized carbons (Fsp3) is 0.643. The van der Waals surface area contributed by atoms with Gasteiger partial charge in [-0.2, -0.15) is 0 Å². The Bertz CT molecular complexity index is 443. The number of carbonyl (C=O) groups is 1. The van der Waals surface area contributed by atoms with Crippen molar-refractivity contribution < 1.29 is 4.79 Å². The van der Waals surface area contributed by atoms with Crippen molar-refractivity contribution in [2.45, 2.75) is 38.8 Å². The van der Waals surface area contributed by atoms with Crippen LogP contribution in [-0.4, -0.2) is 53.2 Å². The third-order valence-corrected chi connectivity index (χ3v) is 3.63. The van der Waals surface area contributed by atoms with Gasteiger partial charge in [-0.05, 0) is 45.9 Å². The zero-order valence-electron chi connectivity index (χ0n) is 12.4. The molecule has 0 radical (unpaired) electrons. The molecule has 1 aromatic heterocycles. The summed E-state index contributed by atoms with van der Waals surface area (Å²) in [4.78, 5) is 14.3. The number of likely N-dealkylation sites (N-methyl/N-ethyl adjacent to an activating group) is 1. The van der Waals surface area contributed by atoms with Crippen molar-refractivity contribution in [3.8, 4) is 0 Å². The lowest BCUT2D eigenvalue weighted by Crippen LogP contribution is -2.41. The van der Waals surface area contributed by atoms with Crippen LogP contribution in [0.1, 0.15) is 37.2 Å². The highest BCUT2D eigenvalue weighted by Gasteiger charge is 2.29. The number of hydrogen-bond acceptors (Lipinski definition) is 5. The van der Waals surface area contributed by atoms with Crippen molar-refractivity contribution in [3.63, 3.8) is 0 Å². The van der Waals surface area contributed by atoms with Crippen molar-refractivity contribution >= 4 is 11.7 Å². The fourth-order valence-electron chi connectivity index (χ4n) is 2.05. The molecule has 6 nitrogen and oxygen atoms in total. The van der Waals surface area contributed by atoms with Crippen LogP contribution in [0.5, 0.6) is 0 Å². The van der Waals surface area contributed by atoms with Gasteiger partial charge in [-0.3, -0.25) is 9.69 Å². The van der Waals surface area contributed by atoms with Crippen LogP contribution in [0.3, 0.4) is 0 Å². The second-order valence-corrected chi connectivity index (χ2v) is 5.29. The summed E-state index contributed by atoms with van der Waals surface area (Å²) in [6, 6.07) is 4.49. The number of anilines is 1. The average Bonchev–Trinajstić information content (AvgIpc) is 3.29. The number of amides is 1. The van der Waals surface area contributed by atoms with Crippen LogP contribution in [0, 0.1) is 0 Å². The Kier molecular flexibility index (Phi) is 4.89. The van der Waals surface area contributed by atoms with Crippen molar-refractivity contribution in [3.05, 3.63) is 17.8 Å². The quantitative estimate of drug-likeness (QED) is 0.781. The van der Waals surface area contributed by atoms with E-state index in [0.717, 1.165) is 6.54 Å². The van der Waals surface area contributed by atoms with Crippen LogP contribution in [-0.2, 0) is 0 Å². The van der Waals surface area contributed by atoms with E-state index in [4.69, 9.17) is 0 Å². The molecule has 1 fully saturated rings. The molecule has 0 aliphatic heterocycles. The monoisotopic (exact) mass is 277 g/mol. The molecule has 0 bridgehead atoms. The highest BCUT2D eigenvalue weighted by molar-refractivity contribution is 5.92. The minimum Gasteiger partial charge on any atom is -0.369 e. The summed E-state index contributed by atoms with van der Waals surface area (Å²) in [5.41, 5.74) is 0.355. The second-order valence-electron chi connectivity index (χ2n) is 5.29. The maximum atomic E-state index is 12.0. The lowest BCUT2D eigenvalue weighted by Gasteiger charge is -2.24. The highest BCUT2D eigenvalue weighted by Crippen LogP contribution is 2.26. The Morgan fingerprint density at radius 1 is 1.45 bits per heavy atom. The molecule has 110 valence electrons. The largest absolute Gasteiger partial charge is 0.369 e. The summed E-state index contributed by atoms with van der Waals surface area (Å²) in [5.74, 6) is 0.516. The van der Waals surface area contributed by atoms with Gasteiger partial charge in [0.15, 0.2) is 5.69 Å². The predicted molar refractivity (Wildman–Crippen MR) is 78.8 cm³/mol. The second kappa shape index (κ2) is 6.65. The first-order valence-corrected chi connectivity index (χ1v) is 7.19. The molecule has 1 saturated carbocycles. The Morgan fingerprint density at radius 2 is 2.20 bits per heavy atom. The highest BCUT2D eigenvalue weighted by atomic mass is 16.1. The summed E-state index contributed by atoms with van der Waals surface area (Å²) in [5, 5.41) is 13.8. The van der Waals surface area contributed by atoms with E-state index in [1.807, 2.05) is 6.92 Å². The van der Waals surface area contributed by atoms with Gasteiger partial charge in [-0.15, -0.1) is 10.2 Å². The van der Waals surface area contributed by atoms with Gasteiger partial charge in [0.25, 0.3) is 5.91 Å². The number of aromatic nitrogens is 2. The molecule has 1 aliphatic carbocycles. The van der Waals surface area contributed by atoms with E-state index in [9.17, 15) is 4.79 Å². The molecule has 6 heteroatoms. The number of nitrogens with one attached hydrogen (secondary N) is 2. The van der Waals surface area contributed by atoms with E-state index in [1.54, 1.807) is 12.1 Å². The van der Waals surface area contributed by atoms with Gasteiger partial charge >= 0.3 is 0 Å². The molecular weight excluding hydrogens is 254 g/mol. The van der Waals surface area contributed by atoms with Gasteiger partial charge in [-0.25, -0.2) is 0 Å². The van der Waals surface area contributed by atoms with Crippen molar-refractivity contribution in [2.75, 3.05) is 25.5 Å². The average molecular weight is 277 g/mol. The minimum absolute atomic E-state index is 0.170. The van der Waals surface area contributed by atoms with Crippen LogP contribution in [0.15, 0.2) is 12.1 Å². The summed E-state index contributed by atoms with van der Waals surface area (Å²) in [7, 11) is 2.11. The molecule has 0 spiro atoms. The molecule has 0 aromatic carbocycles. The van der Waals surface area contributed by atoms with E-state index in [2.05, 4.69) is 39.7 Å². The minimum atomic E-state index is -0.170. The summed E-state index contributed by atoms with van der Waals surface area (Å²) >= 11 is 0. The molecule has 1 aliphatic rings. The van der Waals surface area contributed by atoms with Crippen molar-refractivity contribution in [1.29, 1.82) is 0 Å². The summed E-state index contributed by atoms with van der Waals surface area (Å²) in [6.07, 6.45) is 2.54. The number of rotatable bonds is 7. The first kappa shape index (κ1) is 14.7. The summed E-state index contributed by atoms with van der Waals surface area (Å²) < 4.78 is 0. The number of nitrogens with zero attached hydrogens (tertiary/aromatic N) is 3. The molecule has 2 N–H and O–H groups in total. The SMILES string of the molecule is CCNc1ccc(C(=O)NCC(C)N(C)C2CC2)nn1. The standard InChI is InChI=1S/C14H23N5O/c1-4-15-13-8-7-12(17-18-13)14(20)16-9-10(2)19(3)11-5-6-11/h7-8,10-11H,4-6,9H2,1-3H3,(H,15,18)(H,16,20). The molecule has 0 saturated heterocycles. The van der Waals surface area contributed by atoms with Crippen LogP contribution in [0.25, 0.3) is 0 Å². The maximum Gasteiger partial charge on any atom is 0.271 e. The Hall–Kier alpha value is -1.69. The zero-order chi connectivity index (χ0) is 14.5. The Balaban J connectivity index is 1.81. The van der Waals surface area contributed by atoms with Crippen molar-refractivity contribution in [1.82, 2.24) is 20.4 Å². The van der Waals surface area contributed by atoms with Crippen LogP contribution in [0.4, 0.5) is 5.82 Å². The smallest absolute Gasteiger partial charge is 0.271 e. The predicted octanol–water partition coefficient (Wildman–Crippen LogP) is 1.12. The zero-order valence-corrected chi connectivity index (χ0v) is 12.4. The number of carbonyl (C=O) groups excluding carboxylic acids is 1. The van der Waals surface area contributed by atoms with Gasteiger partial charge < -0.3 is 10.6 Å². The van der Waals surface area contributed by atoms with Crippen molar-refractivity contribution in [2.24, 2.45) is 0 Å². The van der Waals surface area contributed by atoms with E-state index in [-0.39, 0.29) is 5.91 Å². The van der Waals surface area contributed by atoms with Gasteiger partial charge in [0, 0.05) is 25.2 Å². The molecule has 1 aromatic rings. The molecular formula is C14H23N5O. The molecule has 1 amide bonds. The first-order valence-electron chi connectivity index (χ1n) is 7.19. The van der Waals surface area contributed by atoms with Gasteiger partial charge in [0.1, 0.15) is 5.82 Å². The lowest BCUT2D eigenvalue weighted by molar-refractivity contribution is 0.0933. The Morgan fingerprint density at radius 3 is 2.75 bits per heavy atom. The molecule has 1 heterocycles. The lowest BCUT2D eigenvalue weighted by atomic mass is 10.2.